The third kappa shape index (κ3) is 6.61. The van der Waals surface area contributed by atoms with Crippen molar-refractivity contribution < 1.29 is 9.53 Å². The molecule has 0 radical (unpaired) electrons. The van der Waals surface area contributed by atoms with E-state index in [1.807, 2.05) is 11.8 Å². The molecule has 0 aliphatic heterocycles. The van der Waals surface area contributed by atoms with Crippen LogP contribution in [0.15, 0.2) is 11.6 Å². The molecule has 76 valence electrons. The van der Waals surface area contributed by atoms with Gasteiger partial charge in [0.1, 0.15) is 0 Å². The summed E-state index contributed by atoms with van der Waals surface area (Å²) in [5.41, 5.74) is 0. The molecule has 0 fully saturated rings. The van der Waals surface area contributed by atoms with Crippen molar-refractivity contribution in [2.45, 2.75) is 13.8 Å². The highest BCUT2D eigenvalue weighted by Crippen LogP contribution is 2.01. The van der Waals surface area contributed by atoms with Crippen molar-refractivity contribution in [2.75, 3.05) is 26.2 Å². The number of esters is 1. The summed E-state index contributed by atoms with van der Waals surface area (Å²) < 4.78 is 4.80. The van der Waals surface area contributed by atoms with Gasteiger partial charge >= 0.3 is 5.97 Å². The van der Waals surface area contributed by atoms with Crippen LogP contribution in [0.25, 0.3) is 0 Å². The second-order valence-electron chi connectivity index (χ2n) is 2.63. The Morgan fingerprint density at radius 1 is 1.46 bits per heavy atom. The fraction of sp³-hybridized carbons (Fsp3) is 0.667. The minimum atomic E-state index is -0.220. The molecule has 0 unspecified atom stereocenters. The van der Waals surface area contributed by atoms with E-state index in [9.17, 15) is 4.79 Å². The molecule has 0 amide bonds. The second kappa shape index (κ2) is 6.92. The predicted octanol–water partition coefficient (Wildman–Crippen LogP) is 1.62. The van der Waals surface area contributed by atoms with Gasteiger partial charge in [-0.3, -0.25) is 9.69 Å². The van der Waals surface area contributed by atoms with Crippen molar-refractivity contribution in [3.05, 3.63) is 11.6 Å². The van der Waals surface area contributed by atoms with E-state index in [2.05, 4.69) is 6.58 Å². The van der Waals surface area contributed by atoms with E-state index in [1.165, 1.54) is 0 Å². The number of hydrogen-bond acceptors (Lipinski definition) is 3. The summed E-state index contributed by atoms with van der Waals surface area (Å²) in [6.07, 6.45) is 0. The first-order valence-electron chi connectivity index (χ1n) is 4.31. The van der Waals surface area contributed by atoms with E-state index < -0.39 is 0 Å². The molecule has 0 aliphatic carbocycles. The van der Waals surface area contributed by atoms with Crippen molar-refractivity contribution in [1.82, 2.24) is 4.90 Å². The highest BCUT2D eigenvalue weighted by atomic mass is 35.5. The molecule has 0 aliphatic rings. The SMILES string of the molecule is C=C(Cl)CN(CC)CC(=O)OCC. The van der Waals surface area contributed by atoms with Crippen LogP contribution in [0.1, 0.15) is 13.8 Å². The average Bonchev–Trinajstić information content (AvgIpc) is 2.02. The first-order chi connectivity index (χ1) is 6.10. The fourth-order valence-electron chi connectivity index (χ4n) is 0.911. The van der Waals surface area contributed by atoms with E-state index in [4.69, 9.17) is 16.3 Å². The fourth-order valence-corrected chi connectivity index (χ4v) is 1.08. The Labute approximate surface area is 84.3 Å². The highest BCUT2D eigenvalue weighted by molar-refractivity contribution is 6.29. The van der Waals surface area contributed by atoms with Gasteiger partial charge in [0.2, 0.25) is 0 Å². The zero-order valence-electron chi connectivity index (χ0n) is 8.18. The van der Waals surface area contributed by atoms with Crippen molar-refractivity contribution in [2.24, 2.45) is 0 Å². The van der Waals surface area contributed by atoms with Gasteiger partial charge in [-0.15, -0.1) is 0 Å². The standard InChI is InChI=1S/C9H16ClNO2/c1-4-11(6-8(3)10)7-9(12)13-5-2/h3-7H2,1-2H3. The molecule has 13 heavy (non-hydrogen) atoms. The van der Waals surface area contributed by atoms with Crippen molar-refractivity contribution >= 4 is 17.6 Å². The molecular formula is C9H16ClNO2. The summed E-state index contributed by atoms with van der Waals surface area (Å²) >= 11 is 5.62. The minimum absolute atomic E-state index is 0.220. The third-order valence-electron chi connectivity index (χ3n) is 1.50. The Morgan fingerprint density at radius 3 is 2.46 bits per heavy atom. The number of hydrogen-bond donors (Lipinski definition) is 0. The van der Waals surface area contributed by atoms with Gasteiger partial charge in [-0.1, -0.05) is 25.1 Å². The highest BCUT2D eigenvalue weighted by Gasteiger charge is 2.09. The average molecular weight is 206 g/mol. The Hall–Kier alpha value is -0.540. The maximum Gasteiger partial charge on any atom is 0.320 e. The molecule has 0 saturated carbocycles. The van der Waals surface area contributed by atoms with E-state index in [1.54, 1.807) is 6.92 Å². The maximum atomic E-state index is 11.1. The van der Waals surface area contributed by atoms with Gasteiger partial charge < -0.3 is 4.74 Å². The largest absolute Gasteiger partial charge is 0.465 e. The first-order valence-corrected chi connectivity index (χ1v) is 4.69. The van der Waals surface area contributed by atoms with E-state index in [0.29, 0.717) is 18.2 Å². The van der Waals surface area contributed by atoms with E-state index in [-0.39, 0.29) is 12.5 Å². The summed E-state index contributed by atoms with van der Waals surface area (Å²) in [6, 6.07) is 0. The molecule has 0 aromatic rings. The Kier molecular flexibility index (Phi) is 6.63. The number of nitrogens with zero attached hydrogens (tertiary/aromatic N) is 1. The van der Waals surface area contributed by atoms with Gasteiger partial charge in [-0.05, 0) is 13.5 Å². The van der Waals surface area contributed by atoms with Crippen LogP contribution in [0.4, 0.5) is 0 Å². The lowest BCUT2D eigenvalue weighted by atomic mass is 10.4. The number of rotatable bonds is 6. The molecule has 0 heterocycles. The van der Waals surface area contributed by atoms with Gasteiger partial charge in [0.15, 0.2) is 0 Å². The summed E-state index contributed by atoms with van der Waals surface area (Å²) in [5, 5.41) is 0.533. The van der Waals surface area contributed by atoms with Crippen LogP contribution in [0, 0.1) is 0 Å². The molecular weight excluding hydrogens is 190 g/mol. The molecule has 4 heteroatoms. The minimum Gasteiger partial charge on any atom is -0.465 e. The predicted molar refractivity (Wildman–Crippen MR) is 53.7 cm³/mol. The zero-order valence-corrected chi connectivity index (χ0v) is 8.93. The van der Waals surface area contributed by atoms with Crippen molar-refractivity contribution in [1.29, 1.82) is 0 Å². The Morgan fingerprint density at radius 2 is 2.08 bits per heavy atom. The monoisotopic (exact) mass is 205 g/mol. The number of carbonyl (C=O) groups is 1. The molecule has 3 nitrogen and oxygen atoms in total. The first kappa shape index (κ1) is 12.5. The summed E-state index contributed by atoms with van der Waals surface area (Å²) in [4.78, 5) is 12.9. The van der Waals surface area contributed by atoms with Gasteiger partial charge in [0.05, 0.1) is 13.2 Å². The molecule has 0 aromatic heterocycles. The second-order valence-corrected chi connectivity index (χ2v) is 3.16. The topological polar surface area (TPSA) is 29.5 Å². The summed E-state index contributed by atoms with van der Waals surface area (Å²) in [5.74, 6) is -0.220. The van der Waals surface area contributed by atoms with E-state index in [0.717, 1.165) is 6.54 Å². The quantitative estimate of drug-likeness (QED) is 0.618. The van der Waals surface area contributed by atoms with Crippen LogP contribution < -0.4 is 0 Å². The van der Waals surface area contributed by atoms with Crippen LogP contribution >= 0.6 is 11.6 Å². The van der Waals surface area contributed by atoms with Gasteiger partial charge in [0, 0.05) is 11.6 Å². The van der Waals surface area contributed by atoms with Crippen LogP contribution in [0.3, 0.4) is 0 Å². The van der Waals surface area contributed by atoms with Crippen LogP contribution in [0.2, 0.25) is 0 Å². The lowest BCUT2D eigenvalue weighted by Crippen LogP contribution is -2.31. The number of likely N-dealkylation sites (N-methyl/N-ethyl adjacent to an activating group) is 1. The lowest BCUT2D eigenvalue weighted by Gasteiger charge is -2.17. The lowest BCUT2D eigenvalue weighted by molar-refractivity contribution is -0.144. The van der Waals surface area contributed by atoms with Gasteiger partial charge in [-0.25, -0.2) is 0 Å². The molecule has 0 saturated heterocycles. The Balaban J connectivity index is 3.83. The maximum absolute atomic E-state index is 11.1. The molecule has 0 N–H and O–H groups in total. The Bertz CT molecular complexity index is 182. The van der Waals surface area contributed by atoms with Crippen molar-refractivity contribution in [3.63, 3.8) is 0 Å². The number of halogens is 1. The normalized spacial score (nSPS) is 10.2. The zero-order chi connectivity index (χ0) is 10.3. The van der Waals surface area contributed by atoms with Gasteiger partial charge in [-0.2, -0.15) is 0 Å². The van der Waals surface area contributed by atoms with Crippen LogP contribution in [0.5, 0.6) is 0 Å². The smallest absolute Gasteiger partial charge is 0.320 e. The molecule has 0 rings (SSSR count). The van der Waals surface area contributed by atoms with Gasteiger partial charge in [0.25, 0.3) is 0 Å². The van der Waals surface area contributed by atoms with Crippen LogP contribution in [-0.4, -0.2) is 37.1 Å². The molecule has 0 aromatic carbocycles. The summed E-state index contributed by atoms with van der Waals surface area (Å²) in [6.45, 7) is 9.28. The summed E-state index contributed by atoms with van der Waals surface area (Å²) in [7, 11) is 0. The van der Waals surface area contributed by atoms with E-state index >= 15 is 0 Å². The molecule has 0 atom stereocenters. The third-order valence-corrected chi connectivity index (χ3v) is 1.62. The number of ether oxygens (including phenoxy) is 1. The molecule has 0 bridgehead atoms. The van der Waals surface area contributed by atoms with Crippen LogP contribution in [-0.2, 0) is 9.53 Å². The van der Waals surface area contributed by atoms with Crippen molar-refractivity contribution in [3.8, 4) is 0 Å². The number of carbonyl (C=O) groups excluding carboxylic acids is 1. The molecule has 0 spiro atoms.